The van der Waals surface area contributed by atoms with Crippen LogP contribution in [0.3, 0.4) is 0 Å². The minimum atomic E-state index is -0.836. The second-order valence-electron chi connectivity index (χ2n) is 7.66. The summed E-state index contributed by atoms with van der Waals surface area (Å²) in [5.74, 6) is 0.343. The molecule has 28 heavy (non-hydrogen) atoms. The van der Waals surface area contributed by atoms with Crippen LogP contribution < -0.4 is 10.1 Å². The van der Waals surface area contributed by atoms with E-state index in [-0.39, 0.29) is 25.7 Å². The SMILES string of the molecule is CCc1cccc(OCCOC(=O)CN2C(=O)NC3(CCC(C)CC3)C2=O)c1. The number of nitrogens with zero attached hydrogens (tertiary/aromatic N) is 1. The molecule has 0 bridgehead atoms. The van der Waals surface area contributed by atoms with E-state index in [4.69, 9.17) is 9.47 Å². The molecule has 1 spiro atoms. The Balaban J connectivity index is 1.44. The van der Waals surface area contributed by atoms with Crippen molar-refractivity contribution < 1.29 is 23.9 Å². The maximum absolute atomic E-state index is 12.7. The first-order valence-corrected chi connectivity index (χ1v) is 9.95. The Morgan fingerprint density at radius 2 is 2.00 bits per heavy atom. The van der Waals surface area contributed by atoms with Crippen LogP contribution in [0.4, 0.5) is 4.79 Å². The van der Waals surface area contributed by atoms with E-state index in [1.54, 1.807) is 0 Å². The number of hydrogen-bond acceptors (Lipinski definition) is 5. The molecule has 1 aliphatic carbocycles. The average molecular weight is 388 g/mol. The van der Waals surface area contributed by atoms with E-state index in [9.17, 15) is 14.4 Å². The van der Waals surface area contributed by atoms with Gasteiger partial charge in [0.15, 0.2) is 0 Å². The summed E-state index contributed by atoms with van der Waals surface area (Å²) in [6.45, 7) is 4.11. The third-order valence-electron chi connectivity index (χ3n) is 5.58. The molecule has 1 saturated carbocycles. The number of carbonyl (C=O) groups excluding carboxylic acids is 3. The number of nitrogens with one attached hydrogen (secondary N) is 1. The molecule has 7 heteroatoms. The van der Waals surface area contributed by atoms with E-state index in [2.05, 4.69) is 19.2 Å². The number of ether oxygens (including phenoxy) is 2. The van der Waals surface area contributed by atoms with Gasteiger partial charge in [0.1, 0.15) is 31.0 Å². The van der Waals surface area contributed by atoms with Crippen LogP contribution in [0.1, 0.15) is 45.1 Å². The summed E-state index contributed by atoms with van der Waals surface area (Å²) in [4.78, 5) is 38.0. The molecule has 2 fully saturated rings. The molecule has 0 radical (unpaired) electrons. The molecule has 1 heterocycles. The minimum Gasteiger partial charge on any atom is -0.490 e. The van der Waals surface area contributed by atoms with Crippen LogP contribution in [0.15, 0.2) is 24.3 Å². The molecular weight excluding hydrogens is 360 g/mol. The van der Waals surface area contributed by atoms with Gasteiger partial charge in [0, 0.05) is 0 Å². The molecule has 3 rings (SSSR count). The van der Waals surface area contributed by atoms with Gasteiger partial charge < -0.3 is 14.8 Å². The van der Waals surface area contributed by atoms with Crippen LogP contribution in [0.25, 0.3) is 0 Å². The molecule has 0 unspecified atom stereocenters. The molecule has 1 N–H and O–H groups in total. The number of benzene rings is 1. The lowest BCUT2D eigenvalue weighted by molar-refractivity contribution is -0.148. The fourth-order valence-electron chi connectivity index (χ4n) is 3.76. The minimum absolute atomic E-state index is 0.0570. The standard InChI is InChI=1S/C21H28N2O5/c1-3-16-5-4-6-17(13-16)27-11-12-28-18(24)14-23-19(25)21(22-20(23)26)9-7-15(2)8-10-21/h4-6,13,15H,3,7-12,14H2,1-2H3,(H,22,26). The predicted octanol–water partition coefficient (Wildman–Crippen LogP) is 2.67. The second kappa shape index (κ2) is 8.63. The Labute approximate surface area is 165 Å². The van der Waals surface area contributed by atoms with Gasteiger partial charge in [-0.25, -0.2) is 4.79 Å². The zero-order valence-corrected chi connectivity index (χ0v) is 16.5. The Morgan fingerprint density at radius 3 is 2.71 bits per heavy atom. The van der Waals surface area contributed by atoms with Gasteiger partial charge in [-0.15, -0.1) is 0 Å². The quantitative estimate of drug-likeness (QED) is 0.441. The summed E-state index contributed by atoms with van der Waals surface area (Å²) in [5, 5.41) is 2.80. The van der Waals surface area contributed by atoms with E-state index in [0.717, 1.165) is 29.9 Å². The van der Waals surface area contributed by atoms with Crippen LogP contribution in [0.2, 0.25) is 0 Å². The van der Waals surface area contributed by atoms with Crippen LogP contribution >= 0.6 is 0 Å². The van der Waals surface area contributed by atoms with Crippen LogP contribution in [-0.4, -0.2) is 48.1 Å². The third-order valence-corrected chi connectivity index (χ3v) is 5.58. The monoisotopic (exact) mass is 388 g/mol. The summed E-state index contributed by atoms with van der Waals surface area (Å²) in [6.07, 6.45) is 3.93. The molecule has 1 aliphatic heterocycles. The molecular formula is C21H28N2O5. The van der Waals surface area contributed by atoms with Gasteiger partial charge in [-0.3, -0.25) is 14.5 Å². The highest BCUT2D eigenvalue weighted by molar-refractivity contribution is 6.08. The zero-order valence-electron chi connectivity index (χ0n) is 16.5. The normalized spacial score (nSPS) is 24.4. The summed E-state index contributed by atoms with van der Waals surface area (Å²) in [5.41, 5.74) is 0.330. The Morgan fingerprint density at radius 1 is 1.25 bits per heavy atom. The molecule has 0 aromatic heterocycles. The molecule has 3 amide bonds. The third kappa shape index (κ3) is 4.46. The van der Waals surface area contributed by atoms with Crippen molar-refractivity contribution in [3.63, 3.8) is 0 Å². The molecule has 7 nitrogen and oxygen atoms in total. The van der Waals surface area contributed by atoms with Gasteiger partial charge >= 0.3 is 12.0 Å². The lowest BCUT2D eigenvalue weighted by Gasteiger charge is -2.33. The second-order valence-corrected chi connectivity index (χ2v) is 7.66. The highest BCUT2D eigenvalue weighted by Gasteiger charge is 2.52. The van der Waals surface area contributed by atoms with Crippen LogP contribution in [-0.2, 0) is 20.7 Å². The van der Waals surface area contributed by atoms with Gasteiger partial charge in [0.2, 0.25) is 0 Å². The van der Waals surface area contributed by atoms with Crippen molar-refractivity contribution in [2.24, 2.45) is 5.92 Å². The first-order valence-electron chi connectivity index (χ1n) is 9.95. The van der Waals surface area contributed by atoms with E-state index in [1.807, 2.05) is 24.3 Å². The van der Waals surface area contributed by atoms with Gasteiger partial charge in [0.05, 0.1) is 0 Å². The number of imide groups is 1. The number of carbonyl (C=O) groups is 3. The molecule has 1 aromatic rings. The van der Waals surface area contributed by atoms with E-state index in [1.165, 1.54) is 5.56 Å². The Bertz CT molecular complexity index is 740. The maximum Gasteiger partial charge on any atom is 0.326 e. The average Bonchev–Trinajstić information content (AvgIpc) is 2.92. The van der Waals surface area contributed by atoms with Crippen molar-refractivity contribution >= 4 is 17.9 Å². The van der Waals surface area contributed by atoms with Crippen molar-refractivity contribution in [2.45, 2.75) is 51.5 Å². The highest BCUT2D eigenvalue weighted by Crippen LogP contribution is 2.36. The number of rotatable bonds is 7. The van der Waals surface area contributed by atoms with Crippen molar-refractivity contribution in [1.82, 2.24) is 10.2 Å². The summed E-state index contributed by atoms with van der Waals surface area (Å²) >= 11 is 0. The van der Waals surface area contributed by atoms with Crippen LogP contribution in [0, 0.1) is 5.92 Å². The molecule has 152 valence electrons. The number of aryl methyl sites for hydroxylation is 1. The van der Waals surface area contributed by atoms with Crippen molar-refractivity contribution in [1.29, 1.82) is 0 Å². The van der Waals surface area contributed by atoms with Crippen molar-refractivity contribution in [3.8, 4) is 5.75 Å². The van der Waals surface area contributed by atoms with E-state index >= 15 is 0 Å². The Kier molecular flexibility index (Phi) is 6.21. The number of urea groups is 1. The first kappa shape index (κ1) is 20.2. The predicted molar refractivity (Wildman–Crippen MR) is 103 cm³/mol. The largest absolute Gasteiger partial charge is 0.490 e. The molecule has 1 saturated heterocycles. The fraction of sp³-hybridized carbons (Fsp3) is 0.571. The maximum atomic E-state index is 12.7. The summed E-state index contributed by atoms with van der Waals surface area (Å²) in [6, 6.07) is 7.21. The van der Waals surface area contributed by atoms with E-state index in [0.29, 0.717) is 18.8 Å². The summed E-state index contributed by atoms with van der Waals surface area (Å²) in [7, 11) is 0. The molecule has 2 aliphatic rings. The number of amides is 3. The van der Waals surface area contributed by atoms with Crippen molar-refractivity contribution in [2.75, 3.05) is 19.8 Å². The van der Waals surface area contributed by atoms with Gasteiger partial charge in [-0.1, -0.05) is 26.0 Å². The lowest BCUT2D eigenvalue weighted by atomic mass is 9.77. The topological polar surface area (TPSA) is 84.9 Å². The van der Waals surface area contributed by atoms with Crippen LogP contribution in [0.5, 0.6) is 5.75 Å². The fourth-order valence-corrected chi connectivity index (χ4v) is 3.76. The number of esters is 1. The lowest BCUT2D eigenvalue weighted by Crippen LogP contribution is -2.49. The first-order chi connectivity index (χ1) is 13.4. The Hall–Kier alpha value is -2.57. The highest BCUT2D eigenvalue weighted by atomic mass is 16.6. The van der Waals surface area contributed by atoms with Crippen molar-refractivity contribution in [3.05, 3.63) is 29.8 Å². The summed E-state index contributed by atoms with van der Waals surface area (Å²) < 4.78 is 10.7. The smallest absolute Gasteiger partial charge is 0.326 e. The number of hydrogen-bond donors (Lipinski definition) is 1. The molecule has 0 atom stereocenters. The van der Waals surface area contributed by atoms with Gasteiger partial charge in [-0.05, 0) is 55.7 Å². The molecule has 1 aromatic carbocycles. The zero-order chi connectivity index (χ0) is 20.1. The van der Waals surface area contributed by atoms with Gasteiger partial charge in [0.25, 0.3) is 5.91 Å². The van der Waals surface area contributed by atoms with E-state index < -0.39 is 17.5 Å². The van der Waals surface area contributed by atoms with Gasteiger partial charge in [-0.2, -0.15) is 0 Å².